The number of hydrogen-bond acceptors (Lipinski definition) is 4. The molecule has 8 heteroatoms. The van der Waals surface area contributed by atoms with Crippen LogP contribution in [0.25, 0.3) is 0 Å². The third kappa shape index (κ3) is 4.81. The number of aliphatic hydroxyl groups is 1. The number of rotatable bonds is 7. The minimum absolute atomic E-state index is 0.0239. The zero-order chi connectivity index (χ0) is 20.2. The average molecular weight is 425 g/mol. The third-order valence-electron chi connectivity index (χ3n) is 4.39. The lowest BCUT2D eigenvalue weighted by Gasteiger charge is -2.27. The molecule has 3 nitrogen and oxygen atoms in total. The number of carbonyl (C=O) groups excluding carboxylic acids is 1. The maximum atomic E-state index is 12.6. The van der Waals surface area contributed by atoms with Crippen molar-refractivity contribution in [2.24, 2.45) is 0 Å². The predicted octanol–water partition coefficient (Wildman–Crippen LogP) is 4.81. The lowest BCUT2D eigenvalue weighted by atomic mass is 9.94. The van der Waals surface area contributed by atoms with Gasteiger partial charge in [0.15, 0.2) is 0 Å². The van der Waals surface area contributed by atoms with Gasteiger partial charge < -0.3 is 10.4 Å². The van der Waals surface area contributed by atoms with E-state index in [2.05, 4.69) is 5.32 Å². The molecule has 2 heterocycles. The number of carbonyl (C=O) groups is 1. The average Bonchev–Trinajstić information content (AvgIpc) is 3.38. The summed E-state index contributed by atoms with van der Waals surface area (Å²) in [7, 11) is 0. The van der Waals surface area contributed by atoms with Crippen molar-refractivity contribution < 1.29 is 23.1 Å². The summed E-state index contributed by atoms with van der Waals surface area (Å²) in [6.07, 6.45) is -3.93. The summed E-state index contributed by atoms with van der Waals surface area (Å²) in [5.41, 5.74) is -0.659. The maximum Gasteiger partial charge on any atom is 0.416 e. The van der Waals surface area contributed by atoms with E-state index in [1.807, 2.05) is 34.3 Å². The van der Waals surface area contributed by atoms with Crippen LogP contribution in [-0.4, -0.2) is 17.6 Å². The summed E-state index contributed by atoms with van der Waals surface area (Å²) in [6.45, 7) is 0.0239. The molecule has 148 valence electrons. The molecule has 1 atom stereocenters. The van der Waals surface area contributed by atoms with Gasteiger partial charge in [0.2, 0.25) is 5.91 Å². The van der Waals surface area contributed by atoms with Gasteiger partial charge >= 0.3 is 6.18 Å². The molecule has 1 amide bonds. The molecule has 3 rings (SSSR count). The second-order valence-corrected chi connectivity index (χ2v) is 8.05. The molecule has 0 saturated heterocycles. The van der Waals surface area contributed by atoms with Crippen molar-refractivity contribution >= 4 is 28.6 Å². The van der Waals surface area contributed by atoms with Crippen LogP contribution in [0.1, 0.15) is 28.0 Å². The Bertz CT molecular complexity index is 854. The molecule has 3 aromatic rings. The minimum atomic E-state index is -4.37. The highest BCUT2D eigenvalue weighted by molar-refractivity contribution is 7.10. The fraction of sp³-hybridized carbons (Fsp3) is 0.250. The van der Waals surface area contributed by atoms with Crippen molar-refractivity contribution in [1.82, 2.24) is 5.32 Å². The van der Waals surface area contributed by atoms with E-state index in [1.165, 1.54) is 34.8 Å². The van der Waals surface area contributed by atoms with Crippen LogP contribution in [0.2, 0.25) is 0 Å². The first-order chi connectivity index (χ1) is 13.3. The Kier molecular flexibility index (Phi) is 6.22. The van der Waals surface area contributed by atoms with Gasteiger partial charge in [0, 0.05) is 16.9 Å². The summed E-state index contributed by atoms with van der Waals surface area (Å²) in [6, 6.07) is 10.3. The van der Waals surface area contributed by atoms with Gasteiger partial charge in [-0.3, -0.25) is 4.79 Å². The molecule has 0 spiro atoms. The highest BCUT2D eigenvalue weighted by Gasteiger charge is 2.33. The van der Waals surface area contributed by atoms with Crippen molar-refractivity contribution in [3.8, 4) is 0 Å². The Balaban J connectivity index is 1.58. The SMILES string of the molecule is O=C(CCc1ccc(C(F)(F)F)cc1)NC[C@@](O)(c1ccsc1)c1cccs1. The Hall–Kier alpha value is -2.16. The largest absolute Gasteiger partial charge is 0.416 e. The van der Waals surface area contributed by atoms with Crippen molar-refractivity contribution in [3.05, 3.63) is 80.2 Å². The lowest BCUT2D eigenvalue weighted by Crippen LogP contribution is -2.41. The van der Waals surface area contributed by atoms with Crippen molar-refractivity contribution in [3.63, 3.8) is 0 Å². The second kappa shape index (κ2) is 8.46. The molecule has 0 unspecified atom stereocenters. The third-order valence-corrected chi connectivity index (χ3v) is 6.10. The van der Waals surface area contributed by atoms with Gasteiger partial charge in [-0.25, -0.2) is 0 Å². The number of aryl methyl sites for hydroxylation is 1. The minimum Gasteiger partial charge on any atom is -0.378 e. The predicted molar refractivity (Wildman–Crippen MR) is 104 cm³/mol. The standard InChI is InChI=1S/C20H18F3NO2S2/c21-20(22,23)15-6-3-14(4-7-15)5-8-18(25)24-13-19(26,16-9-11-27-12-16)17-2-1-10-28-17/h1-4,6-7,9-12,26H,5,8,13H2,(H,24,25)/t19-/m1/s1. The van der Waals surface area contributed by atoms with E-state index in [0.29, 0.717) is 17.5 Å². The molecular weight excluding hydrogens is 407 g/mol. The van der Waals surface area contributed by atoms with E-state index in [4.69, 9.17) is 0 Å². The van der Waals surface area contributed by atoms with Crippen molar-refractivity contribution in [2.45, 2.75) is 24.6 Å². The number of thiophene rings is 2. The van der Waals surface area contributed by atoms with Gasteiger partial charge in [-0.2, -0.15) is 24.5 Å². The van der Waals surface area contributed by atoms with Crippen LogP contribution in [0, 0.1) is 0 Å². The smallest absolute Gasteiger partial charge is 0.378 e. The summed E-state index contributed by atoms with van der Waals surface area (Å²) in [4.78, 5) is 13.0. The quantitative estimate of drug-likeness (QED) is 0.571. The second-order valence-electron chi connectivity index (χ2n) is 6.32. The molecule has 0 radical (unpaired) electrons. The van der Waals surface area contributed by atoms with E-state index in [1.54, 1.807) is 0 Å². The molecule has 28 heavy (non-hydrogen) atoms. The monoisotopic (exact) mass is 425 g/mol. The van der Waals surface area contributed by atoms with Crippen molar-refractivity contribution in [1.29, 1.82) is 0 Å². The summed E-state index contributed by atoms with van der Waals surface area (Å²) >= 11 is 2.86. The molecule has 0 aliphatic heterocycles. The topological polar surface area (TPSA) is 49.3 Å². The van der Waals surface area contributed by atoms with Crippen LogP contribution in [-0.2, 0) is 23.0 Å². The number of nitrogens with one attached hydrogen (secondary N) is 1. The van der Waals surface area contributed by atoms with Crippen LogP contribution in [0.3, 0.4) is 0 Å². The first kappa shape index (κ1) is 20.6. The molecule has 2 aromatic heterocycles. The Morgan fingerprint density at radius 1 is 1.04 bits per heavy atom. The molecule has 1 aromatic carbocycles. The summed E-state index contributed by atoms with van der Waals surface area (Å²) < 4.78 is 37.8. The van der Waals surface area contributed by atoms with Gasteiger partial charge in [-0.05, 0) is 52.4 Å². The van der Waals surface area contributed by atoms with Crippen molar-refractivity contribution in [2.75, 3.05) is 6.54 Å². The van der Waals surface area contributed by atoms with E-state index < -0.39 is 17.3 Å². The molecule has 0 aliphatic carbocycles. The van der Waals surface area contributed by atoms with Crippen LogP contribution >= 0.6 is 22.7 Å². The first-order valence-electron chi connectivity index (χ1n) is 8.51. The van der Waals surface area contributed by atoms with E-state index in [-0.39, 0.29) is 18.9 Å². The first-order valence-corrected chi connectivity index (χ1v) is 10.3. The summed E-state index contributed by atoms with van der Waals surface area (Å²) in [5, 5.41) is 19.5. The van der Waals surface area contributed by atoms with Crippen LogP contribution in [0.15, 0.2) is 58.6 Å². The molecule has 0 fully saturated rings. The fourth-order valence-electron chi connectivity index (χ4n) is 2.78. The molecular formula is C20H18F3NO2S2. The normalized spacial score (nSPS) is 13.9. The van der Waals surface area contributed by atoms with Gasteiger partial charge in [-0.15, -0.1) is 11.3 Å². The van der Waals surface area contributed by atoms with E-state index in [9.17, 15) is 23.1 Å². The zero-order valence-electron chi connectivity index (χ0n) is 14.7. The van der Waals surface area contributed by atoms with Gasteiger partial charge in [-0.1, -0.05) is 18.2 Å². The number of benzene rings is 1. The Morgan fingerprint density at radius 2 is 1.79 bits per heavy atom. The van der Waals surface area contributed by atoms with Gasteiger partial charge in [0.25, 0.3) is 0 Å². The molecule has 2 N–H and O–H groups in total. The molecule has 0 bridgehead atoms. The van der Waals surface area contributed by atoms with Crippen LogP contribution in [0.4, 0.5) is 13.2 Å². The Labute approximate surface area is 168 Å². The number of hydrogen-bond donors (Lipinski definition) is 2. The molecule has 0 aliphatic rings. The van der Waals surface area contributed by atoms with E-state index in [0.717, 1.165) is 17.0 Å². The highest BCUT2D eigenvalue weighted by atomic mass is 32.1. The molecule has 0 saturated carbocycles. The van der Waals surface area contributed by atoms with Crippen LogP contribution < -0.4 is 5.32 Å². The van der Waals surface area contributed by atoms with Gasteiger partial charge in [0.1, 0.15) is 5.60 Å². The number of alkyl halides is 3. The lowest BCUT2D eigenvalue weighted by molar-refractivity contribution is -0.137. The number of amides is 1. The van der Waals surface area contributed by atoms with Crippen LogP contribution in [0.5, 0.6) is 0 Å². The highest BCUT2D eigenvalue weighted by Crippen LogP contribution is 2.33. The zero-order valence-corrected chi connectivity index (χ0v) is 16.3. The number of halogens is 3. The van der Waals surface area contributed by atoms with E-state index >= 15 is 0 Å². The summed E-state index contributed by atoms with van der Waals surface area (Å²) in [5.74, 6) is -0.273. The Morgan fingerprint density at radius 3 is 2.36 bits per heavy atom. The fourth-order valence-corrected chi connectivity index (χ4v) is 4.35. The maximum absolute atomic E-state index is 12.6. The van der Waals surface area contributed by atoms with Gasteiger partial charge in [0.05, 0.1) is 12.1 Å².